The van der Waals surface area contributed by atoms with Gasteiger partial charge in [-0.05, 0) is 46.9 Å². The molecule has 1 heterocycles. The molecule has 1 amide bonds. The summed E-state index contributed by atoms with van der Waals surface area (Å²) in [5.41, 5.74) is 4.36. The first kappa shape index (κ1) is 22.1. The summed E-state index contributed by atoms with van der Waals surface area (Å²) >= 11 is 0. The molecular weight excluding hydrogens is 396 g/mol. The zero-order chi connectivity index (χ0) is 22.3. The maximum Gasteiger partial charge on any atom is 0.253 e. The van der Waals surface area contributed by atoms with Crippen LogP contribution in [0.25, 0.3) is 0 Å². The standard InChI is InChI=1S/C28H32N2O2/c1-22(2)25-11-13-27(14-12-25)32-21-24-9-6-10-26(19-24)28(31)30-17-15-29(16-18-30)20-23-7-4-3-5-8-23/h3-14,19,22H,15-18,20-21H2,1-2H3. The minimum absolute atomic E-state index is 0.104. The van der Waals surface area contributed by atoms with Gasteiger partial charge in [0.05, 0.1) is 0 Å². The number of benzene rings is 3. The molecule has 4 heteroatoms. The van der Waals surface area contributed by atoms with Crippen LogP contribution in [0.2, 0.25) is 0 Å². The van der Waals surface area contributed by atoms with Crippen molar-refractivity contribution in [2.75, 3.05) is 26.2 Å². The van der Waals surface area contributed by atoms with Crippen molar-refractivity contribution < 1.29 is 9.53 Å². The summed E-state index contributed by atoms with van der Waals surface area (Å²) in [6.45, 7) is 9.07. The van der Waals surface area contributed by atoms with E-state index in [1.807, 2.05) is 47.4 Å². The van der Waals surface area contributed by atoms with Crippen LogP contribution in [0.5, 0.6) is 5.75 Å². The molecule has 0 bridgehead atoms. The van der Waals surface area contributed by atoms with Gasteiger partial charge >= 0.3 is 0 Å². The van der Waals surface area contributed by atoms with Crippen molar-refractivity contribution in [1.82, 2.24) is 9.80 Å². The van der Waals surface area contributed by atoms with E-state index in [4.69, 9.17) is 4.74 Å². The molecule has 1 fully saturated rings. The molecule has 0 N–H and O–H groups in total. The summed E-state index contributed by atoms with van der Waals surface area (Å²) in [7, 11) is 0. The average molecular weight is 429 g/mol. The minimum Gasteiger partial charge on any atom is -0.489 e. The van der Waals surface area contributed by atoms with E-state index in [1.54, 1.807) is 0 Å². The fourth-order valence-electron chi connectivity index (χ4n) is 4.04. The molecule has 3 aromatic rings. The lowest BCUT2D eigenvalue weighted by Gasteiger charge is -2.34. The Bertz CT molecular complexity index is 1010. The summed E-state index contributed by atoms with van der Waals surface area (Å²) in [5.74, 6) is 1.46. The molecule has 32 heavy (non-hydrogen) atoms. The molecule has 0 spiro atoms. The van der Waals surface area contributed by atoms with Crippen LogP contribution in [-0.2, 0) is 13.2 Å². The van der Waals surface area contributed by atoms with Crippen molar-refractivity contribution in [3.8, 4) is 5.75 Å². The van der Waals surface area contributed by atoms with Crippen molar-refractivity contribution in [1.29, 1.82) is 0 Å². The molecule has 166 valence electrons. The molecule has 0 saturated carbocycles. The SMILES string of the molecule is CC(C)c1ccc(OCc2cccc(C(=O)N3CCN(Cc4ccccc4)CC3)c2)cc1. The second kappa shape index (κ2) is 10.5. The third kappa shape index (κ3) is 5.77. The van der Waals surface area contributed by atoms with Crippen molar-refractivity contribution in [3.05, 3.63) is 101 Å². The molecular formula is C28H32N2O2. The van der Waals surface area contributed by atoms with Gasteiger partial charge in [0.2, 0.25) is 0 Å². The van der Waals surface area contributed by atoms with Gasteiger partial charge in [-0.2, -0.15) is 0 Å². The van der Waals surface area contributed by atoms with E-state index < -0.39 is 0 Å². The summed E-state index contributed by atoms with van der Waals surface area (Å²) in [6, 6.07) is 26.6. The lowest BCUT2D eigenvalue weighted by atomic mass is 10.0. The van der Waals surface area contributed by atoms with Crippen molar-refractivity contribution in [2.45, 2.75) is 32.9 Å². The molecule has 0 unspecified atom stereocenters. The fraction of sp³-hybridized carbons (Fsp3) is 0.321. The molecule has 0 aromatic heterocycles. The highest BCUT2D eigenvalue weighted by atomic mass is 16.5. The van der Waals surface area contributed by atoms with E-state index in [2.05, 4.69) is 55.1 Å². The Morgan fingerprint density at radius 2 is 1.53 bits per heavy atom. The lowest BCUT2D eigenvalue weighted by Crippen LogP contribution is -2.48. The predicted molar refractivity (Wildman–Crippen MR) is 129 cm³/mol. The summed E-state index contributed by atoms with van der Waals surface area (Å²) in [5, 5.41) is 0. The molecule has 1 saturated heterocycles. The number of piperazine rings is 1. The quantitative estimate of drug-likeness (QED) is 0.509. The third-order valence-electron chi connectivity index (χ3n) is 6.03. The Kier molecular flexibility index (Phi) is 7.23. The zero-order valence-corrected chi connectivity index (χ0v) is 19.0. The van der Waals surface area contributed by atoms with E-state index in [-0.39, 0.29) is 5.91 Å². The number of ether oxygens (including phenoxy) is 1. The minimum atomic E-state index is 0.104. The fourth-order valence-corrected chi connectivity index (χ4v) is 4.04. The second-order valence-corrected chi connectivity index (χ2v) is 8.77. The smallest absolute Gasteiger partial charge is 0.253 e. The van der Waals surface area contributed by atoms with E-state index in [9.17, 15) is 4.79 Å². The molecule has 1 aliphatic rings. The topological polar surface area (TPSA) is 32.8 Å². The molecule has 3 aromatic carbocycles. The van der Waals surface area contributed by atoms with Gasteiger partial charge in [-0.15, -0.1) is 0 Å². The first-order valence-corrected chi connectivity index (χ1v) is 11.5. The van der Waals surface area contributed by atoms with E-state index >= 15 is 0 Å². The van der Waals surface area contributed by atoms with Crippen LogP contribution in [0.1, 0.15) is 46.8 Å². The normalized spacial score (nSPS) is 14.5. The highest BCUT2D eigenvalue weighted by Crippen LogP contribution is 2.20. The number of carbonyl (C=O) groups excluding carboxylic acids is 1. The van der Waals surface area contributed by atoms with E-state index in [1.165, 1.54) is 11.1 Å². The largest absolute Gasteiger partial charge is 0.489 e. The van der Waals surface area contributed by atoms with Gasteiger partial charge in [0.1, 0.15) is 12.4 Å². The summed E-state index contributed by atoms with van der Waals surface area (Å²) < 4.78 is 5.95. The van der Waals surface area contributed by atoms with Crippen LogP contribution in [-0.4, -0.2) is 41.9 Å². The van der Waals surface area contributed by atoms with E-state index in [0.29, 0.717) is 12.5 Å². The van der Waals surface area contributed by atoms with Crippen LogP contribution in [0.4, 0.5) is 0 Å². The van der Waals surface area contributed by atoms with Gasteiger partial charge < -0.3 is 9.64 Å². The maximum atomic E-state index is 13.1. The van der Waals surface area contributed by atoms with Gasteiger partial charge in [-0.3, -0.25) is 9.69 Å². The van der Waals surface area contributed by atoms with Crippen LogP contribution in [0, 0.1) is 0 Å². The zero-order valence-electron chi connectivity index (χ0n) is 19.0. The first-order chi connectivity index (χ1) is 15.6. The maximum absolute atomic E-state index is 13.1. The molecule has 1 aliphatic heterocycles. The Balaban J connectivity index is 1.30. The van der Waals surface area contributed by atoms with Crippen LogP contribution in [0.15, 0.2) is 78.9 Å². The van der Waals surface area contributed by atoms with Crippen molar-refractivity contribution >= 4 is 5.91 Å². The molecule has 0 aliphatic carbocycles. The number of hydrogen-bond acceptors (Lipinski definition) is 3. The Labute approximate surface area is 191 Å². The number of hydrogen-bond donors (Lipinski definition) is 0. The van der Waals surface area contributed by atoms with Gasteiger partial charge in [0, 0.05) is 38.3 Å². The highest BCUT2D eigenvalue weighted by molar-refractivity contribution is 5.94. The Morgan fingerprint density at radius 1 is 0.844 bits per heavy atom. The second-order valence-electron chi connectivity index (χ2n) is 8.77. The first-order valence-electron chi connectivity index (χ1n) is 11.5. The number of carbonyl (C=O) groups is 1. The third-order valence-corrected chi connectivity index (χ3v) is 6.03. The highest BCUT2D eigenvalue weighted by Gasteiger charge is 2.22. The van der Waals surface area contributed by atoms with E-state index in [0.717, 1.165) is 49.6 Å². The predicted octanol–water partition coefficient (Wildman–Crippen LogP) is 5.35. The molecule has 0 atom stereocenters. The molecule has 0 radical (unpaired) electrons. The van der Waals surface area contributed by atoms with Crippen LogP contribution < -0.4 is 4.74 Å². The van der Waals surface area contributed by atoms with Crippen molar-refractivity contribution in [2.24, 2.45) is 0 Å². The van der Waals surface area contributed by atoms with Gasteiger partial charge in [0.25, 0.3) is 5.91 Å². The lowest BCUT2D eigenvalue weighted by molar-refractivity contribution is 0.0628. The van der Waals surface area contributed by atoms with Crippen LogP contribution >= 0.6 is 0 Å². The monoisotopic (exact) mass is 428 g/mol. The number of amides is 1. The molecule has 4 rings (SSSR count). The van der Waals surface area contributed by atoms with Crippen LogP contribution in [0.3, 0.4) is 0 Å². The Morgan fingerprint density at radius 3 is 2.22 bits per heavy atom. The van der Waals surface area contributed by atoms with Gasteiger partial charge in [0.15, 0.2) is 0 Å². The Hall–Kier alpha value is -3.11. The van der Waals surface area contributed by atoms with Gasteiger partial charge in [-0.1, -0.05) is 68.4 Å². The summed E-state index contributed by atoms with van der Waals surface area (Å²) in [6.07, 6.45) is 0. The average Bonchev–Trinajstić information content (AvgIpc) is 2.84. The van der Waals surface area contributed by atoms with Gasteiger partial charge in [-0.25, -0.2) is 0 Å². The summed E-state index contributed by atoms with van der Waals surface area (Å²) in [4.78, 5) is 17.4. The molecule has 4 nitrogen and oxygen atoms in total. The number of nitrogens with zero attached hydrogens (tertiary/aromatic N) is 2. The number of rotatable bonds is 7. The van der Waals surface area contributed by atoms with Crippen molar-refractivity contribution in [3.63, 3.8) is 0 Å².